The normalized spacial score (nSPS) is 20.5. The Kier molecular flexibility index (Phi) is 5.64. The molecule has 28 heavy (non-hydrogen) atoms. The molecule has 6 heteroatoms. The summed E-state index contributed by atoms with van der Waals surface area (Å²) in [7, 11) is 0. The number of hydrogen-bond donors (Lipinski definition) is 0. The van der Waals surface area contributed by atoms with E-state index in [1.165, 1.54) is 25.3 Å². The highest BCUT2D eigenvalue weighted by Gasteiger charge is 2.25. The molecule has 2 aromatic rings. The van der Waals surface area contributed by atoms with Crippen molar-refractivity contribution in [1.29, 1.82) is 0 Å². The van der Waals surface area contributed by atoms with Gasteiger partial charge < -0.3 is 14.7 Å². The Morgan fingerprint density at radius 2 is 1.75 bits per heavy atom. The molecule has 0 amide bonds. The van der Waals surface area contributed by atoms with Crippen molar-refractivity contribution in [2.75, 3.05) is 47.4 Å². The first kappa shape index (κ1) is 19.0. The molecule has 2 saturated heterocycles. The van der Waals surface area contributed by atoms with Crippen LogP contribution in [-0.2, 0) is 0 Å². The van der Waals surface area contributed by atoms with Crippen molar-refractivity contribution < 1.29 is 4.39 Å². The topological polar surface area (TPSA) is 35.5 Å². The molecule has 1 atom stereocenters. The minimum atomic E-state index is -0.152. The summed E-state index contributed by atoms with van der Waals surface area (Å²) >= 11 is 0. The van der Waals surface area contributed by atoms with Crippen LogP contribution in [-0.4, -0.2) is 48.7 Å². The van der Waals surface area contributed by atoms with E-state index in [1.807, 2.05) is 12.1 Å². The number of piperidine rings is 1. The summed E-state index contributed by atoms with van der Waals surface area (Å²) in [6, 6.07) is 9.71. The maximum Gasteiger partial charge on any atom is 0.227 e. The molecule has 2 aliphatic rings. The van der Waals surface area contributed by atoms with Gasteiger partial charge in [0.25, 0.3) is 0 Å². The average molecular weight is 384 g/mol. The fourth-order valence-corrected chi connectivity index (χ4v) is 4.41. The first-order valence-electron chi connectivity index (χ1n) is 10.5. The zero-order valence-electron chi connectivity index (χ0n) is 16.9. The van der Waals surface area contributed by atoms with Crippen molar-refractivity contribution in [3.8, 4) is 0 Å². The minimum absolute atomic E-state index is 0.152. The fourth-order valence-electron chi connectivity index (χ4n) is 4.41. The first-order valence-corrected chi connectivity index (χ1v) is 10.5. The molecule has 1 aromatic carbocycles. The van der Waals surface area contributed by atoms with Crippen LogP contribution in [0.15, 0.2) is 30.3 Å². The Morgan fingerprint density at radius 1 is 1.00 bits per heavy atom. The Bertz CT molecular complexity index is 803. The van der Waals surface area contributed by atoms with Gasteiger partial charge >= 0.3 is 0 Å². The zero-order chi connectivity index (χ0) is 19.5. The number of benzene rings is 1. The smallest absolute Gasteiger partial charge is 0.227 e. The van der Waals surface area contributed by atoms with Gasteiger partial charge in [0.1, 0.15) is 11.6 Å². The quantitative estimate of drug-likeness (QED) is 0.797. The lowest BCUT2D eigenvalue weighted by Crippen LogP contribution is -2.47. The summed E-state index contributed by atoms with van der Waals surface area (Å²) < 4.78 is 14.1. The van der Waals surface area contributed by atoms with Gasteiger partial charge in [-0.25, -0.2) is 9.37 Å². The number of nitrogens with zero attached hydrogens (tertiary/aromatic N) is 5. The maximum atomic E-state index is 14.1. The van der Waals surface area contributed by atoms with E-state index in [2.05, 4.69) is 34.6 Å². The molecule has 1 unspecified atom stereocenters. The average Bonchev–Trinajstić information content (AvgIpc) is 2.74. The van der Waals surface area contributed by atoms with Gasteiger partial charge in [-0.3, -0.25) is 0 Å². The van der Waals surface area contributed by atoms with E-state index in [9.17, 15) is 4.39 Å². The van der Waals surface area contributed by atoms with E-state index in [4.69, 9.17) is 9.97 Å². The molecule has 3 heterocycles. The number of piperazine rings is 1. The van der Waals surface area contributed by atoms with Crippen molar-refractivity contribution in [3.63, 3.8) is 0 Å². The van der Waals surface area contributed by atoms with E-state index in [-0.39, 0.29) is 5.82 Å². The number of rotatable bonds is 4. The van der Waals surface area contributed by atoms with Crippen LogP contribution in [0, 0.1) is 12.7 Å². The van der Waals surface area contributed by atoms with Crippen LogP contribution in [0.25, 0.3) is 0 Å². The monoisotopic (exact) mass is 383 g/mol. The number of aryl methyl sites for hydroxylation is 1. The number of anilines is 3. The van der Waals surface area contributed by atoms with E-state index in [0.717, 1.165) is 56.6 Å². The van der Waals surface area contributed by atoms with E-state index >= 15 is 0 Å². The van der Waals surface area contributed by atoms with Crippen LogP contribution < -0.4 is 14.7 Å². The van der Waals surface area contributed by atoms with Gasteiger partial charge in [0.15, 0.2) is 0 Å². The molecule has 0 radical (unpaired) electrons. The molecular weight excluding hydrogens is 353 g/mol. The van der Waals surface area contributed by atoms with Gasteiger partial charge in [-0.05, 0) is 44.7 Å². The molecule has 0 spiro atoms. The number of aromatic nitrogens is 2. The predicted octanol–water partition coefficient (Wildman–Crippen LogP) is 4.02. The van der Waals surface area contributed by atoms with Gasteiger partial charge in [0, 0.05) is 50.5 Å². The lowest BCUT2D eigenvalue weighted by Gasteiger charge is -2.38. The second-order valence-corrected chi connectivity index (χ2v) is 7.84. The van der Waals surface area contributed by atoms with Crippen LogP contribution in [0.3, 0.4) is 0 Å². The summed E-state index contributed by atoms with van der Waals surface area (Å²) in [5.74, 6) is 1.72. The largest absolute Gasteiger partial charge is 0.366 e. The number of para-hydroxylation sites is 1. The van der Waals surface area contributed by atoms with E-state index in [0.29, 0.717) is 11.7 Å². The predicted molar refractivity (Wildman–Crippen MR) is 113 cm³/mol. The molecule has 0 saturated carbocycles. The van der Waals surface area contributed by atoms with Gasteiger partial charge in [-0.15, -0.1) is 0 Å². The Labute approximate surface area is 167 Å². The van der Waals surface area contributed by atoms with Gasteiger partial charge in [0.05, 0.1) is 5.69 Å². The summed E-state index contributed by atoms with van der Waals surface area (Å²) in [5.41, 5.74) is 1.70. The van der Waals surface area contributed by atoms with Crippen molar-refractivity contribution in [2.24, 2.45) is 0 Å². The Balaban J connectivity index is 1.49. The van der Waals surface area contributed by atoms with Crippen LogP contribution in [0.2, 0.25) is 0 Å². The molecule has 2 fully saturated rings. The summed E-state index contributed by atoms with van der Waals surface area (Å²) in [6.45, 7) is 8.54. The van der Waals surface area contributed by atoms with Crippen molar-refractivity contribution in [3.05, 3.63) is 41.8 Å². The van der Waals surface area contributed by atoms with Crippen molar-refractivity contribution >= 4 is 17.5 Å². The number of hydrogen-bond acceptors (Lipinski definition) is 5. The highest BCUT2D eigenvalue weighted by molar-refractivity contribution is 5.51. The molecule has 2 aliphatic heterocycles. The third kappa shape index (κ3) is 3.91. The van der Waals surface area contributed by atoms with E-state index < -0.39 is 0 Å². The third-order valence-electron chi connectivity index (χ3n) is 5.98. The molecule has 4 rings (SSSR count). The van der Waals surface area contributed by atoms with Gasteiger partial charge in [-0.1, -0.05) is 19.1 Å². The standard InChI is InChI=1S/C22H30FN5/c1-3-18-8-6-7-11-28(18)21-16-17(2)24-22(25-21)27-14-12-26(13-15-27)20-10-5-4-9-19(20)23/h4-5,9-10,16,18H,3,6-8,11-15H2,1-2H3. The second-order valence-electron chi connectivity index (χ2n) is 7.84. The highest BCUT2D eigenvalue weighted by atomic mass is 19.1. The Morgan fingerprint density at radius 3 is 2.50 bits per heavy atom. The van der Waals surface area contributed by atoms with Gasteiger partial charge in [-0.2, -0.15) is 4.98 Å². The van der Waals surface area contributed by atoms with E-state index in [1.54, 1.807) is 6.07 Å². The van der Waals surface area contributed by atoms with Gasteiger partial charge in [0.2, 0.25) is 5.95 Å². The molecule has 150 valence electrons. The summed E-state index contributed by atoms with van der Waals surface area (Å²) in [5, 5.41) is 0. The zero-order valence-corrected chi connectivity index (χ0v) is 16.9. The molecule has 0 aliphatic carbocycles. The van der Waals surface area contributed by atoms with Crippen LogP contribution in [0.1, 0.15) is 38.3 Å². The SMILES string of the molecule is CCC1CCCCN1c1cc(C)nc(N2CCN(c3ccccc3F)CC2)n1. The third-order valence-corrected chi connectivity index (χ3v) is 5.98. The summed E-state index contributed by atoms with van der Waals surface area (Å²) in [6.07, 6.45) is 4.94. The van der Waals surface area contributed by atoms with Crippen LogP contribution >= 0.6 is 0 Å². The first-order chi connectivity index (χ1) is 13.7. The lowest BCUT2D eigenvalue weighted by molar-refractivity contribution is 0.446. The molecular formula is C22H30FN5. The summed E-state index contributed by atoms with van der Waals surface area (Å²) in [4.78, 5) is 16.5. The Hall–Kier alpha value is -2.37. The number of halogens is 1. The second kappa shape index (κ2) is 8.33. The molecule has 0 N–H and O–H groups in total. The van der Waals surface area contributed by atoms with Crippen molar-refractivity contribution in [2.45, 2.75) is 45.6 Å². The maximum absolute atomic E-state index is 14.1. The van der Waals surface area contributed by atoms with Crippen molar-refractivity contribution in [1.82, 2.24) is 9.97 Å². The van der Waals surface area contributed by atoms with Crippen LogP contribution in [0.5, 0.6) is 0 Å². The molecule has 1 aromatic heterocycles. The minimum Gasteiger partial charge on any atom is -0.366 e. The fraction of sp³-hybridized carbons (Fsp3) is 0.545. The lowest BCUT2D eigenvalue weighted by atomic mass is 10.00. The molecule has 5 nitrogen and oxygen atoms in total. The van der Waals surface area contributed by atoms with Crippen LogP contribution in [0.4, 0.5) is 21.8 Å². The highest BCUT2D eigenvalue weighted by Crippen LogP contribution is 2.28. The molecule has 0 bridgehead atoms.